The van der Waals surface area contributed by atoms with Gasteiger partial charge in [0, 0.05) is 22.6 Å². The molecule has 0 saturated heterocycles. The Morgan fingerprint density at radius 1 is 1.32 bits per heavy atom. The zero-order valence-electron chi connectivity index (χ0n) is 13.7. The molecular formula is C17H25BrN2O2. The largest absolute Gasteiger partial charge is 0.444 e. The summed E-state index contributed by atoms with van der Waals surface area (Å²) in [6.07, 6.45) is 1.56. The first kappa shape index (κ1) is 17.3. The van der Waals surface area contributed by atoms with Gasteiger partial charge in [-0.25, -0.2) is 4.79 Å². The van der Waals surface area contributed by atoms with Gasteiger partial charge < -0.3 is 15.4 Å². The van der Waals surface area contributed by atoms with Gasteiger partial charge in [-0.2, -0.15) is 0 Å². The second kappa shape index (κ2) is 7.01. The average Bonchev–Trinajstić information content (AvgIpc) is 2.33. The molecule has 0 radical (unpaired) electrons. The molecule has 2 rings (SSSR count). The number of alkyl carbamates (subject to hydrolysis) is 1. The van der Waals surface area contributed by atoms with Crippen LogP contribution in [0.5, 0.6) is 0 Å². The van der Waals surface area contributed by atoms with Crippen LogP contribution in [-0.4, -0.2) is 23.8 Å². The summed E-state index contributed by atoms with van der Waals surface area (Å²) in [5.74, 6) is 0. The number of rotatable bonds is 4. The number of amides is 1. The van der Waals surface area contributed by atoms with Crippen LogP contribution in [0.1, 0.15) is 52.1 Å². The molecule has 0 bridgehead atoms. The van der Waals surface area contributed by atoms with Crippen molar-refractivity contribution in [3.8, 4) is 0 Å². The van der Waals surface area contributed by atoms with Crippen LogP contribution < -0.4 is 10.6 Å². The summed E-state index contributed by atoms with van der Waals surface area (Å²) in [5.41, 5.74) is 0.818. The van der Waals surface area contributed by atoms with Crippen LogP contribution in [0.15, 0.2) is 28.7 Å². The van der Waals surface area contributed by atoms with E-state index in [2.05, 4.69) is 45.6 Å². The molecule has 0 spiro atoms. The summed E-state index contributed by atoms with van der Waals surface area (Å²) in [5, 5.41) is 6.51. The van der Waals surface area contributed by atoms with E-state index in [1.54, 1.807) is 0 Å². The zero-order chi connectivity index (χ0) is 16.3. The van der Waals surface area contributed by atoms with Gasteiger partial charge in [0.2, 0.25) is 0 Å². The number of carbonyl (C=O) groups is 1. The van der Waals surface area contributed by atoms with E-state index in [0.717, 1.165) is 17.3 Å². The minimum Gasteiger partial charge on any atom is -0.444 e. The maximum absolute atomic E-state index is 11.7. The Kier molecular flexibility index (Phi) is 5.50. The van der Waals surface area contributed by atoms with Gasteiger partial charge in [-0.15, -0.1) is 0 Å². The lowest BCUT2D eigenvalue weighted by molar-refractivity contribution is 0.0463. The average molecular weight is 369 g/mol. The third kappa shape index (κ3) is 5.29. The molecular weight excluding hydrogens is 344 g/mol. The molecule has 4 nitrogen and oxygen atoms in total. The molecule has 1 atom stereocenters. The van der Waals surface area contributed by atoms with Gasteiger partial charge in [0.25, 0.3) is 0 Å². The topological polar surface area (TPSA) is 50.4 Å². The molecule has 1 fully saturated rings. The van der Waals surface area contributed by atoms with Crippen molar-refractivity contribution in [2.75, 3.05) is 0 Å². The highest BCUT2D eigenvalue weighted by Crippen LogP contribution is 2.25. The van der Waals surface area contributed by atoms with E-state index >= 15 is 0 Å². The molecule has 122 valence electrons. The van der Waals surface area contributed by atoms with Gasteiger partial charge in [0.1, 0.15) is 5.60 Å². The fourth-order valence-electron chi connectivity index (χ4n) is 2.57. The lowest BCUT2D eigenvalue weighted by Gasteiger charge is -2.38. The second-order valence-corrected chi connectivity index (χ2v) is 7.87. The molecule has 1 aromatic carbocycles. The van der Waals surface area contributed by atoms with E-state index in [9.17, 15) is 4.79 Å². The molecule has 1 aliphatic rings. The molecule has 2 N–H and O–H groups in total. The second-order valence-electron chi connectivity index (χ2n) is 6.95. The van der Waals surface area contributed by atoms with E-state index in [0.29, 0.717) is 12.1 Å². The number of nitrogens with one attached hydrogen (secondary N) is 2. The van der Waals surface area contributed by atoms with Crippen LogP contribution in [0.2, 0.25) is 0 Å². The van der Waals surface area contributed by atoms with Gasteiger partial charge in [0.15, 0.2) is 0 Å². The lowest BCUT2D eigenvalue weighted by atomic mass is 9.86. The Hall–Kier alpha value is -1.07. The number of halogens is 1. The number of benzene rings is 1. The van der Waals surface area contributed by atoms with Crippen LogP contribution in [0.25, 0.3) is 0 Å². The van der Waals surface area contributed by atoms with E-state index < -0.39 is 5.60 Å². The van der Waals surface area contributed by atoms with E-state index in [4.69, 9.17) is 4.74 Å². The van der Waals surface area contributed by atoms with Crippen LogP contribution >= 0.6 is 15.9 Å². The first-order chi connectivity index (χ1) is 10.2. The number of hydrogen-bond donors (Lipinski definition) is 2. The van der Waals surface area contributed by atoms with Crippen LogP contribution in [0.3, 0.4) is 0 Å². The normalized spacial score (nSPS) is 22.6. The van der Waals surface area contributed by atoms with Crippen molar-refractivity contribution in [2.24, 2.45) is 0 Å². The Morgan fingerprint density at radius 3 is 2.59 bits per heavy atom. The summed E-state index contributed by atoms with van der Waals surface area (Å²) in [7, 11) is 0. The minimum atomic E-state index is -0.444. The number of carbonyl (C=O) groups excluding carboxylic acids is 1. The van der Waals surface area contributed by atoms with Gasteiger partial charge in [-0.1, -0.05) is 28.1 Å². The highest BCUT2D eigenvalue weighted by Gasteiger charge is 2.32. The molecule has 1 aliphatic carbocycles. The van der Waals surface area contributed by atoms with Crippen molar-refractivity contribution in [2.45, 2.75) is 64.3 Å². The highest BCUT2D eigenvalue weighted by atomic mass is 79.9. The Balaban J connectivity index is 1.72. The Labute approximate surface area is 141 Å². The van der Waals surface area contributed by atoms with Crippen molar-refractivity contribution in [3.63, 3.8) is 0 Å². The predicted molar refractivity (Wildman–Crippen MR) is 91.9 cm³/mol. The lowest BCUT2D eigenvalue weighted by Crippen LogP contribution is -2.53. The molecule has 5 heteroatoms. The number of hydrogen-bond acceptors (Lipinski definition) is 3. The summed E-state index contributed by atoms with van der Waals surface area (Å²) >= 11 is 3.50. The predicted octanol–water partition coefficient (Wildman–Crippen LogP) is 4.16. The monoisotopic (exact) mass is 368 g/mol. The SMILES string of the molecule is C[C@H](NC1CC(NC(=O)OC(C)(C)C)C1)c1cccc(Br)c1. The van der Waals surface area contributed by atoms with Crippen LogP contribution in [0, 0.1) is 0 Å². The van der Waals surface area contributed by atoms with Crippen molar-refractivity contribution >= 4 is 22.0 Å². The van der Waals surface area contributed by atoms with Crippen LogP contribution in [0.4, 0.5) is 4.79 Å². The molecule has 0 aliphatic heterocycles. The third-order valence-electron chi connectivity index (χ3n) is 3.69. The zero-order valence-corrected chi connectivity index (χ0v) is 15.2. The van der Waals surface area contributed by atoms with Crippen molar-refractivity contribution in [3.05, 3.63) is 34.3 Å². The first-order valence-electron chi connectivity index (χ1n) is 7.74. The Bertz CT molecular complexity index is 522. The van der Waals surface area contributed by atoms with E-state index in [1.165, 1.54) is 5.56 Å². The van der Waals surface area contributed by atoms with E-state index in [1.807, 2.05) is 32.9 Å². The molecule has 0 unspecified atom stereocenters. The molecule has 0 aromatic heterocycles. The fraction of sp³-hybridized carbons (Fsp3) is 0.588. The van der Waals surface area contributed by atoms with Gasteiger partial charge in [-0.3, -0.25) is 0 Å². The standard InChI is InChI=1S/C17H25BrN2O2/c1-11(12-6-5-7-13(18)8-12)19-14-9-15(10-14)20-16(21)22-17(2,3)4/h5-8,11,14-15,19H,9-10H2,1-4H3,(H,20,21)/t11-,14?,15?/m0/s1. The molecule has 0 heterocycles. The third-order valence-corrected chi connectivity index (χ3v) is 4.19. The molecule has 22 heavy (non-hydrogen) atoms. The van der Waals surface area contributed by atoms with Crippen LogP contribution in [-0.2, 0) is 4.74 Å². The summed E-state index contributed by atoms with van der Waals surface area (Å²) in [6.45, 7) is 7.78. The molecule has 1 aromatic rings. The van der Waals surface area contributed by atoms with Crippen molar-refractivity contribution in [1.82, 2.24) is 10.6 Å². The number of ether oxygens (including phenoxy) is 1. The fourth-order valence-corrected chi connectivity index (χ4v) is 2.99. The smallest absolute Gasteiger partial charge is 0.407 e. The van der Waals surface area contributed by atoms with Gasteiger partial charge in [-0.05, 0) is 58.2 Å². The minimum absolute atomic E-state index is 0.210. The quantitative estimate of drug-likeness (QED) is 0.838. The van der Waals surface area contributed by atoms with E-state index in [-0.39, 0.29) is 12.1 Å². The maximum Gasteiger partial charge on any atom is 0.407 e. The summed E-state index contributed by atoms with van der Waals surface area (Å²) < 4.78 is 6.36. The first-order valence-corrected chi connectivity index (χ1v) is 8.53. The summed E-state index contributed by atoms with van der Waals surface area (Å²) in [4.78, 5) is 11.7. The highest BCUT2D eigenvalue weighted by molar-refractivity contribution is 9.10. The van der Waals surface area contributed by atoms with Crippen molar-refractivity contribution in [1.29, 1.82) is 0 Å². The van der Waals surface area contributed by atoms with Crippen molar-refractivity contribution < 1.29 is 9.53 Å². The van der Waals surface area contributed by atoms with Gasteiger partial charge >= 0.3 is 6.09 Å². The molecule has 1 saturated carbocycles. The maximum atomic E-state index is 11.7. The Morgan fingerprint density at radius 2 is 2.00 bits per heavy atom. The summed E-state index contributed by atoms with van der Waals surface area (Å²) in [6, 6.07) is 9.27. The molecule has 1 amide bonds. The van der Waals surface area contributed by atoms with Gasteiger partial charge in [0.05, 0.1) is 0 Å².